The zero-order valence-corrected chi connectivity index (χ0v) is 14.9. The Balaban J connectivity index is 2.06. The fourth-order valence-electron chi connectivity index (χ4n) is 2.36. The molecule has 1 aromatic heterocycles. The lowest BCUT2D eigenvalue weighted by Crippen LogP contribution is -2.38. The van der Waals surface area contributed by atoms with E-state index in [-0.39, 0.29) is 18.4 Å². The molecule has 6 nitrogen and oxygen atoms in total. The molecule has 2 rings (SSSR count). The molecule has 0 aliphatic carbocycles. The number of hydrogen-bond acceptors (Lipinski definition) is 5. The molecule has 0 unspecified atom stereocenters. The van der Waals surface area contributed by atoms with E-state index < -0.39 is 0 Å². The van der Waals surface area contributed by atoms with Gasteiger partial charge in [0.2, 0.25) is 5.91 Å². The Labute approximate surface area is 145 Å². The van der Waals surface area contributed by atoms with Gasteiger partial charge in [-0.15, -0.1) is 11.3 Å². The van der Waals surface area contributed by atoms with Crippen LogP contribution in [-0.2, 0) is 11.3 Å². The van der Waals surface area contributed by atoms with Crippen molar-refractivity contribution in [2.45, 2.75) is 27.3 Å². The number of anilines is 1. The summed E-state index contributed by atoms with van der Waals surface area (Å²) in [5.74, 6) is -0.484. The van der Waals surface area contributed by atoms with Gasteiger partial charge >= 0.3 is 0 Å². The molecule has 0 spiro atoms. The highest BCUT2D eigenvalue weighted by Gasteiger charge is 2.20. The van der Waals surface area contributed by atoms with Crippen molar-refractivity contribution in [3.8, 4) is 0 Å². The van der Waals surface area contributed by atoms with Crippen molar-refractivity contribution in [3.63, 3.8) is 0 Å². The van der Waals surface area contributed by atoms with Gasteiger partial charge in [-0.3, -0.25) is 9.59 Å². The minimum atomic E-state index is -0.259. The van der Waals surface area contributed by atoms with Crippen LogP contribution in [0.4, 0.5) is 5.69 Å². The molecular formula is C17H22N4O2S. The summed E-state index contributed by atoms with van der Waals surface area (Å²) < 4.78 is 0. The van der Waals surface area contributed by atoms with Crippen LogP contribution in [0, 0.1) is 13.8 Å². The zero-order chi connectivity index (χ0) is 17.7. The summed E-state index contributed by atoms with van der Waals surface area (Å²) in [5.41, 5.74) is 8.64. The summed E-state index contributed by atoms with van der Waals surface area (Å²) in [6, 6.07) is 5.82. The van der Waals surface area contributed by atoms with E-state index in [0.29, 0.717) is 23.8 Å². The van der Waals surface area contributed by atoms with Gasteiger partial charge < -0.3 is 16.0 Å². The van der Waals surface area contributed by atoms with E-state index >= 15 is 0 Å². The second-order valence-electron chi connectivity index (χ2n) is 5.46. The van der Waals surface area contributed by atoms with E-state index in [2.05, 4.69) is 10.3 Å². The highest BCUT2D eigenvalue weighted by Crippen LogP contribution is 2.19. The lowest BCUT2D eigenvalue weighted by atomic mass is 10.1. The lowest BCUT2D eigenvalue weighted by molar-refractivity contribution is -0.116. The molecule has 0 saturated carbocycles. The quantitative estimate of drug-likeness (QED) is 0.840. The van der Waals surface area contributed by atoms with Crippen LogP contribution in [0.3, 0.4) is 0 Å². The van der Waals surface area contributed by atoms with Crippen molar-refractivity contribution in [1.82, 2.24) is 9.88 Å². The van der Waals surface area contributed by atoms with Crippen molar-refractivity contribution < 1.29 is 9.59 Å². The van der Waals surface area contributed by atoms with Crippen molar-refractivity contribution in [2.24, 2.45) is 5.73 Å². The minimum absolute atomic E-state index is 0.0153. The molecule has 0 aliphatic heterocycles. The van der Waals surface area contributed by atoms with Gasteiger partial charge in [-0.2, -0.15) is 0 Å². The predicted octanol–water partition coefficient (Wildman–Crippen LogP) is 2.32. The topological polar surface area (TPSA) is 88.3 Å². The molecule has 0 radical (unpaired) electrons. The third-order valence-electron chi connectivity index (χ3n) is 3.69. The van der Waals surface area contributed by atoms with Crippen LogP contribution in [0.1, 0.15) is 33.5 Å². The van der Waals surface area contributed by atoms with Crippen molar-refractivity contribution >= 4 is 28.8 Å². The van der Waals surface area contributed by atoms with E-state index in [1.165, 1.54) is 16.2 Å². The van der Waals surface area contributed by atoms with E-state index in [4.69, 9.17) is 5.73 Å². The normalized spacial score (nSPS) is 10.5. The number of aryl methyl sites for hydroxylation is 2. The molecule has 128 valence electrons. The Morgan fingerprint density at radius 1 is 1.29 bits per heavy atom. The number of carbonyl (C=O) groups is 2. The minimum Gasteiger partial charge on any atom is -0.328 e. The predicted molar refractivity (Wildman–Crippen MR) is 96.1 cm³/mol. The number of aromatic nitrogens is 1. The third-order valence-corrected chi connectivity index (χ3v) is 4.57. The fourth-order valence-corrected chi connectivity index (χ4v) is 3.00. The van der Waals surface area contributed by atoms with Crippen LogP contribution in [0.5, 0.6) is 0 Å². The molecule has 0 aliphatic rings. The maximum absolute atomic E-state index is 12.5. The Kier molecular flexibility index (Phi) is 6.05. The SMILES string of the molecule is CCN(CC(=O)Nc1c(C)cccc1C)C(=O)c1csc(CN)n1. The summed E-state index contributed by atoms with van der Waals surface area (Å²) in [7, 11) is 0. The van der Waals surface area contributed by atoms with Crippen LogP contribution in [-0.4, -0.2) is 34.8 Å². The Morgan fingerprint density at radius 2 is 1.96 bits per heavy atom. The van der Waals surface area contributed by atoms with E-state index in [9.17, 15) is 9.59 Å². The summed E-state index contributed by atoms with van der Waals surface area (Å²) >= 11 is 1.35. The van der Waals surface area contributed by atoms with Crippen molar-refractivity contribution in [1.29, 1.82) is 0 Å². The molecule has 1 aromatic carbocycles. The molecular weight excluding hydrogens is 324 g/mol. The highest BCUT2D eigenvalue weighted by atomic mass is 32.1. The summed E-state index contributed by atoms with van der Waals surface area (Å²) in [6.07, 6.45) is 0. The summed E-state index contributed by atoms with van der Waals surface area (Å²) in [5, 5.41) is 5.28. The van der Waals surface area contributed by atoms with Gasteiger partial charge in [0, 0.05) is 24.2 Å². The van der Waals surface area contributed by atoms with Gasteiger partial charge in [0.05, 0.1) is 0 Å². The van der Waals surface area contributed by atoms with Gasteiger partial charge in [0.15, 0.2) is 0 Å². The number of nitrogens with one attached hydrogen (secondary N) is 1. The zero-order valence-electron chi connectivity index (χ0n) is 14.1. The molecule has 1 heterocycles. The van der Waals surface area contributed by atoms with E-state index in [1.807, 2.05) is 39.0 Å². The van der Waals surface area contributed by atoms with E-state index in [1.54, 1.807) is 5.38 Å². The summed E-state index contributed by atoms with van der Waals surface area (Å²) in [6.45, 7) is 6.43. The number of para-hydroxylation sites is 1. The average Bonchev–Trinajstić information content (AvgIpc) is 3.04. The molecule has 3 N–H and O–H groups in total. The monoisotopic (exact) mass is 346 g/mol. The first-order valence-corrected chi connectivity index (χ1v) is 8.64. The molecule has 0 bridgehead atoms. The molecule has 7 heteroatoms. The lowest BCUT2D eigenvalue weighted by Gasteiger charge is -2.20. The van der Waals surface area contributed by atoms with Gasteiger partial charge in [0.25, 0.3) is 5.91 Å². The Hall–Kier alpha value is -2.25. The summed E-state index contributed by atoms with van der Waals surface area (Å²) in [4.78, 5) is 30.5. The third kappa shape index (κ3) is 4.18. The Bertz CT molecular complexity index is 722. The standard InChI is InChI=1S/C17H22N4O2S/c1-4-21(17(23)13-10-24-15(8-18)19-13)9-14(22)20-16-11(2)6-5-7-12(16)3/h5-7,10H,4,8-9,18H2,1-3H3,(H,20,22). The first-order valence-electron chi connectivity index (χ1n) is 7.76. The highest BCUT2D eigenvalue weighted by molar-refractivity contribution is 7.09. The van der Waals surface area contributed by atoms with Crippen LogP contribution in [0.15, 0.2) is 23.6 Å². The Morgan fingerprint density at radius 3 is 2.50 bits per heavy atom. The number of benzene rings is 1. The van der Waals surface area contributed by atoms with E-state index in [0.717, 1.165) is 16.8 Å². The molecule has 0 saturated heterocycles. The average molecular weight is 346 g/mol. The van der Waals surface area contributed by atoms with Crippen LogP contribution in [0.25, 0.3) is 0 Å². The van der Waals surface area contributed by atoms with Crippen LogP contribution < -0.4 is 11.1 Å². The first-order chi connectivity index (χ1) is 11.5. The van der Waals surface area contributed by atoms with Gasteiger partial charge in [-0.25, -0.2) is 4.98 Å². The number of carbonyl (C=O) groups excluding carboxylic acids is 2. The number of thiazole rings is 1. The van der Waals surface area contributed by atoms with Crippen LogP contribution in [0.2, 0.25) is 0 Å². The van der Waals surface area contributed by atoms with Crippen molar-refractivity contribution in [3.05, 3.63) is 45.4 Å². The smallest absolute Gasteiger partial charge is 0.273 e. The number of rotatable bonds is 6. The molecule has 2 aromatic rings. The second kappa shape index (κ2) is 8.03. The molecule has 0 fully saturated rings. The maximum Gasteiger partial charge on any atom is 0.273 e. The largest absolute Gasteiger partial charge is 0.328 e. The number of likely N-dealkylation sites (N-methyl/N-ethyl adjacent to an activating group) is 1. The molecule has 2 amide bonds. The first kappa shape index (κ1) is 18.1. The number of hydrogen-bond donors (Lipinski definition) is 2. The fraction of sp³-hybridized carbons (Fsp3) is 0.353. The number of nitrogens with two attached hydrogens (primary N) is 1. The van der Waals surface area contributed by atoms with Crippen LogP contribution >= 0.6 is 11.3 Å². The molecule has 0 atom stereocenters. The molecule has 24 heavy (non-hydrogen) atoms. The maximum atomic E-state index is 12.5. The van der Waals surface area contributed by atoms with Gasteiger partial charge in [0.1, 0.15) is 17.2 Å². The van der Waals surface area contributed by atoms with Crippen molar-refractivity contribution in [2.75, 3.05) is 18.4 Å². The van der Waals surface area contributed by atoms with Gasteiger partial charge in [-0.05, 0) is 31.9 Å². The van der Waals surface area contributed by atoms with Gasteiger partial charge in [-0.1, -0.05) is 18.2 Å². The number of amides is 2. The second-order valence-corrected chi connectivity index (χ2v) is 6.41. The number of nitrogens with zero attached hydrogens (tertiary/aromatic N) is 2.